The monoisotopic (exact) mass is 351 g/mol. The molecule has 0 saturated carbocycles. The number of ether oxygens (including phenoxy) is 1. The molecule has 1 atom stereocenters. The summed E-state index contributed by atoms with van der Waals surface area (Å²) in [7, 11) is 1.29. The van der Waals surface area contributed by atoms with Crippen LogP contribution in [0.15, 0.2) is 24.5 Å². The fraction of sp³-hybridized carbons (Fsp3) is 0.400. The Balaban J connectivity index is 2.30. The van der Waals surface area contributed by atoms with Gasteiger partial charge in [0.05, 0.1) is 18.4 Å². The van der Waals surface area contributed by atoms with Gasteiger partial charge >= 0.3 is 5.97 Å². The summed E-state index contributed by atoms with van der Waals surface area (Å²) >= 11 is 6.00. The molecule has 128 valence electrons. The fourth-order valence-corrected chi connectivity index (χ4v) is 2.39. The zero-order valence-corrected chi connectivity index (χ0v) is 14.3. The first-order chi connectivity index (χ1) is 11.4. The molecule has 8 nitrogen and oxygen atoms in total. The summed E-state index contributed by atoms with van der Waals surface area (Å²) in [4.78, 5) is 24.5. The van der Waals surface area contributed by atoms with E-state index in [1.165, 1.54) is 18.1 Å². The Kier molecular flexibility index (Phi) is 5.86. The zero-order valence-electron chi connectivity index (χ0n) is 13.6. The first kappa shape index (κ1) is 17.9. The summed E-state index contributed by atoms with van der Waals surface area (Å²) < 4.78 is 6.09. The molecule has 1 heterocycles. The van der Waals surface area contributed by atoms with Gasteiger partial charge in [-0.3, -0.25) is 4.79 Å². The van der Waals surface area contributed by atoms with Crippen molar-refractivity contribution in [3.05, 3.63) is 35.1 Å². The Labute approximate surface area is 144 Å². The number of rotatable bonds is 6. The Hall–Kier alpha value is -2.48. The van der Waals surface area contributed by atoms with Gasteiger partial charge in [0.25, 0.3) is 5.91 Å². The van der Waals surface area contributed by atoms with E-state index >= 15 is 0 Å². The van der Waals surface area contributed by atoms with Crippen LogP contribution in [-0.4, -0.2) is 45.2 Å². The molecule has 0 aliphatic heterocycles. The maximum Gasteiger partial charge on any atom is 0.328 e. The number of hydrogen-bond acceptors (Lipinski definition) is 6. The molecule has 2 rings (SSSR count). The molecule has 1 aromatic heterocycles. The van der Waals surface area contributed by atoms with Gasteiger partial charge in [-0.15, -0.1) is 5.10 Å². The van der Waals surface area contributed by atoms with Gasteiger partial charge in [-0.1, -0.05) is 25.4 Å². The van der Waals surface area contributed by atoms with E-state index in [-0.39, 0.29) is 5.92 Å². The SMILES string of the molecule is COC(=O)[C@H](CC(C)C)NC(=O)c1ccc(Cl)cc1-n1cnnn1. The second-order valence-electron chi connectivity index (χ2n) is 5.59. The highest BCUT2D eigenvalue weighted by atomic mass is 35.5. The van der Waals surface area contributed by atoms with Crippen molar-refractivity contribution in [2.45, 2.75) is 26.3 Å². The molecule has 1 amide bonds. The lowest BCUT2D eigenvalue weighted by Crippen LogP contribution is -2.42. The second kappa shape index (κ2) is 7.87. The number of esters is 1. The number of methoxy groups -OCH3 is 1. The van der Waals surface area contributed by atoms with Crippen molar-refractivity contribution in [3.8, 4) is 5.69 Å². The van der Waals surface area contributed by atoms with Crippen molar-refractivity contribution < 1.29 is 14.3 Å². The lowest BCUT2D eigenvalue weighted by molar-refractivity contribution is -0.143. The standard InChI is InChI=1S/C15H18ClN5O3/c1-9(2)6-12(15(23)24-3)18-14(22)11-5-4-10(16)7-13(11)21-8-17-19-20-21/h4-5,7-9,12H,6H2,1-3H3,(H,18,22)/t12-/m0/s1. The molecule has 1 aromatic carbocycles. The van der Waals surface area contributed by atoms with Gasteiger partial charge in [0, 0.05) is 5.02 Å². The lowest BCUT2D eigenvalue weighted by atomic mass is 10.0. The average Bonchev–Trinajstić information content (AvgIpc) is 3.07. The Morgan fingerprint density at radius 3 is 2.71 bits per heavy atom. The summed E-state index contributed by atoms with van der Waals surface area (Å²) in [6.45, 7) is 3.91. The summed E-state index contributed by atoms with van der Waals surface area (Å²) in [5.41, 5.74) is 0.711. The van der Waals surface area contributed by atoms with Crippen LogP contribution in [0.2, 0.25) is 5.02 Å². The molecule has 0 bridgehead atoms. The molecule has 9 heteroatoms. The number of nitrogens with zero attached hydrogens (tertiary/aromatic N) is 4. The predicted molar refractivity (Wildman–Crippen MR) is 86.9 cm³/mol. The largest absolute Gasteiger partial charge is 0.467 e. The van der Waals surface area contributed by atoms with Crippen LogP contribution in [0.3, 0.4) is 0 Å². The van der Waals surface area contributed by atoms with Gasteiger partial charge in [-0.05, 0) is 41.0 Å². The first-order valence-electron chi connectivity index (χ1n) is 7.34. The predicted octanol–water partition coefficient (Wildman–Crippen LogP) is 1.63. The van der Waals surface area contributed by atoms with E-state index in [9.17, 15) is 9.59 Å². The van der Waals surface area contributed by atoms with Gasteiger partial charge < -0.3 is 10.1 Å². The number of amides is 1. The molecule has 0 fully saturated rings. The van der Waals surface area contributed by atoms with Crippen molar-refractivity contribution in [1.29, 1.82) is 0 Å². The van der Waals surface area contributed by atoms with Crippen LogP contribution < -0.4 is 5.32 Å². The highest BCUT2D eigenvalue weighted by Crippen LogP contribution is 2.19. The molecule has 1 N–H and O–H groups in total. The molecule has 24 heavy (non-hydrogen) atoms. The highest BCUT2D eigenvalue weighted by Gasteiger charge is 2.24. The number of carbonyl (C=O) groups excluding carboxylic acids is 2. The van der Waals surface area contributed by atoms with Gasteiger partial charge in [-0.25, -0.2) is 4.79 Å². The third kappa shape index (κ3) is 4.29. The summed E-state index contributed by atoms with van der Waals surface area (Å²) in [5.74, 6) is -0.721. The number of benzene rings is 1. The summed E-state index contributed by atoms with van der Waals surface area (Å²) in [6.07, 6.45) is 1.82. The molecule has 0 aliphatic carbocycles. The number of tetrazole rings is 1. The number of aromatic nitrogens is 4. The summed E-state index contributed by atoms with van der Waals surface area (Å²) in [5, 5.41) is 14.0. The van der Waals surface area contributed by atoms with E-state index < -0.39 is 17.9 Å². The van der Waals surface area contributed by atoms with Crippen molar-refractivity contribution in [2.75, 3.05) is 7.11 Å². The van der Waals surface area contributed by atoms with E-state index in [1.807, 2.05) is 13.8 Å². The Morgan fingerprint density at radius 1 is 1.38 bits per heavy atom. The maximum absolute atomic E-state index is 12.6. The molecule has 0 unspecified atom stereocenters. The van der Waals surface area contributed by atoms with Crippen LogP contribution in [-0.2, 0) is 9.53 Å². The third-order valence-corrected chi connectivity index (χ3v) is 3.53. The van der Waals surface area contributed by atoms with Crippen LogP contribution >= 0.6 is 11.6 Å². The molecule has 0 saturated heterocycles. The topological polar surface area (TPSA) is 99.0 Å². The Bertz CT molecular complexity index is 718. The first-order valence-corrected chi connectivity index (χ1v) is 7.71. The van der Waals surface area contributed by atoms with Gasteiger partial charge in [0.15, 0.2) is 0 Å². The minimum atomic E-state index is -0.736. The number of nitrogens with one attached hydrogen (secondary N) is 1. The third-order valence-electron chi connectivity index (χ3n) is 3.30. The number of carbonyl (C=O) groups is 2. The normalized spacial score (nSPS) is 12.0. The van der Waals surface area contributed by atoms with E-state index in [0.29, 0.717) is 22.7 Å². The number of halogens is 1. The minimum absolute atomic E-state index is 0.207. The highest BCUT2D eigenvalue weighted by molar-refractivity contribution is 6.31. The molecule has 0 spiro atoms. The lowest BCUT2D eigenvalue weighted by Gasteiger charge is -2.19. The van der Waals surface area contributed by atoms with E-state index in [0.717, 1.165) is 0 Å². The van der Waals surface area contributed by atoms with Crippen molar-refractivity contribution in [2.24, 2.45) is 5.92 Å². The van der Waals surface area contributed by atoms with Crippen molar-refractivity contribution in [3.63, 3.8) is 0 Å². The quantitative estimate of drug-likeness (QED) is 0.794. The average molecular weight is 352 g/mol. The maximum atomic E-state index is 12.6. The summed E-state index contributed by atoms with van der Waals surface area (Å²) in [6, 6.07) is 3.97. The van der Waals surface area contributed by atoms with Crippen LogP contribution in [0, 0.1) is 5.92 Å². The molecular formula is C15H18ClN5O3. The molecule has 0 aliphatic rings. The fourth-order valence-electron chi connectivity index (χ4n) is 2.22. The second-order valence-corrected chi connectivity index (χ2v) is 6.03. The zero-order chi connectivity index (χ0) is 17.7. The van der Waals surface area contributed by atoms with Crippen LogP contribution in [0.4, 0.5) is 0 Å². The molecule has 2 aromatic rings. The van der Waals surface area contributed by atoms with Gasteiger partial charge in [-0.2, -0.15) is 4.68 Å². The number of hydrogen-bond donors (Lipinski definition) is 1. The van der Waals surface area contributed by atoms with Gasteiger partial charge in [0.1, 0.15) is 12.4 Å². The molecule has 0 radical (unpaired) electrons. The van der Waals surface area contributed by atoms with Crippen molar-refractivity contribution in [1.82, 2.24) is 25.5 Å². The van der Waals surface area contributed by atoms with Crippen molar-refractivity contribution >= 4 is 23.5 Å². The molecular weight excluding hydrogens is 334 g/mol. The Morgan fingerprint density at radius 2 is 2.12 bits per heavy atom. The minimum Gasteiger partial charge on any atom is -0.467 e. The van der Waals surface area contributed by atoms with Crippen LogP contribution in [0.25, 0.3) is 5.69 Å². The van der Waals surface area contributed by atoms with Crippen LogP contribution in [0.5, 0.6) is 0 Å². The van der Waals surface area contributed by atoms with E-state index in [4.69, 9.17) is 16.3 Å². The van der Waals surface area contributed by atoms with Gasteiger partial charge in [0.2, 0.25) is 0 Å². The van der Waals surface area contributed by atoms with E-state index in [2.05, 4.69) is 20.8 Å². The smallest absolute Gasteiger partial charge is 0.328 e. The van der Waals surface area contributed by atoms with E-state index in [1.54, 1.807) is 18.2 Å². The van der Waals surface area contributed by atoms with Crippen LogP contribution in [0.1, 0.15) is 30.6 Å².